The Morgan fingerprint density at radius 2 is 2.21 bits per heavy atom. The molecule has 1 unspecified atom stereocenters. The number of carbonyl (C=O) groups excluding carboxylic acids is 2. The van der Waals surface area contributed by atoms with Crippen molar-refractivity contribution in [1.29, 1.82) is 0 Å². The minimum Gasteiger partial charge on any atom is -0.459 e. The maximum absolute atomic E-state index is 11.2. The first-order valence-electron chi connectivity index (χ1n) is 4.04. The summed E-state index contributed by atoms with van der Waals surface area (Å²) in [7, 11) is 0. The van der Waals surface area contributed by atoms with Gasteiger partial charge in [-0.15, -0.1) is 0 Å². The van der Waals surface area contributed by atoms with Gasteiger partial charge in [-0.05, 0) is 18.2 Å². The summed E-state index contributed by atoms with van der Waals surface area (Å²) >= 11 is 0. The van der Waals surface area contributed by atoms with Gasteiger partial charge in [0.25, 0.3) is 5.91 Å². The Labute approximate surface area is 79.8 Å². The number of carbonyl (C=O) groups is 2. The number of rotatable bonds is 2. The third-order valence-electron chi connectivity index (χ3n) is 1.91. The van der Waals surface area contributed by atoms with Crippen LogP contribution in [-0.4, -0.2) is 11.9 Å². The molecule has 0 saturated carbocycles. The number of nitrogens with one attached hydrogen (secondary N) is 2. The molecule has 5 nitrogen and oxygen atoms in total. The molecule has 1 aliphatic heterocycles. The molecule has 2 heterocycles. The topological polar surface area (TPSA) is 71.3 Å². The maximum atomic E-state index is 11.2. The number of urea groups is 1. The molecule has 0 spiro atoms. The largest absolute Gasteiger partial charge is 0.459 e. The van der Waals surface area contributed by atoms with E-state index in [2.05, 4.69) is 17.2 Å². The number of hydrogen-bond donors (Lipinski definition) is 2. The van der Waals surface area contributed by atoms with Gasteiger partial charge in [0.05, 0.1) is 0 Å². The third kappa shape index (κ3) is 1.28. The molecule has 1 atom stereocenters. The second-order valence-corrected chi connectivity index (χ2v) is 2.84. The lowest BCUT2D eigenvalue weighted by atomic mass is 10.2. The molecule has 0 bridgehead atoms. The lowest BCUT2D eigenvalue weighted by Crippen LogP contribution is -2.22. The van der Waals surface area contributed by atoms with Crippen LogP contribution in [0.15, 0.2) is 23.1 Å². The molecule has 5 heteroatoms. The minimum atomic E-state index is -0.726. The van der Waals surface area contributed by atoms with Crippen molar-refractivity contribution in [3.05, 3.63) is 30.2 Å². The number of hydrogen-bond acceptors (Lipinski definition) is 3. The van der Waals surface area contributed by atoms with Crippen molar-refractivity contribution in [3.8, 4) is 0 Å². The Hall–Kier alpha value is -2.04. The maximum Gasteiger partial charge on any atom is 0.322 e. The van der Waals surface area contributed by atoms with Gasteiger partial charge < -0.3 is 9.73 Å². The molecular weight excluding hydrogens is 184 g/mol. The fraction of sp³-hybridized carbons (Fsp3) is 0.111. The van der Waals surface area contributed by atoms with Gasteiger partial charge in [-0.2, -0.15) is 0 Å². The summed E-state index contributed by atoms with van der Waals surface area (Å²) in [5, 5.41) is 4.55. The highest BCUT2D eigenvalue weighted by molar-refractivity contribution is 6.04. The van der Waals surface area contributed by atoms with Gasteiger partial charge in [-0.3, -0.25) is 10.1 Å². The molecule has 1 saturated heterocycles. The van der Waals surface area contributed by atoms with Crippen molar-refractivity contribution in [1.82, 2.24) is 10.6 Å². The standard InChI is InChI=1S/C9H8N2O3/c1-2-5-3-4-6(14-5)7-8(12)11-9(13)10-7/h2-4,7H,1H2,(H2,10,11,12,13). The molecule has 14 heavy (non-hydrogen) atoms. The highest BCUT2D eigenvalue weighted by atomic mass is 16.3. The van der Waals surface area contributed by atoms with Crippen molar-refractivity contribution in [2.45, 2.75) is 6.04 Å². The predicted molar refractivity (Wildman–Crippen MR) is 48.2 cm³/mol. The second-order valence-electron chi connectivity index (χ2n) is 2.84. The summed E-state index contributed by atoms with van der Waals surface area (Å²) in [5.41, 5.74) is 0. The van der Waals surface area contributed by atoms with Gasteiger partial charge in [0.2, 0.25) is 0 Å². The molecule has 72 valence electrons. The summed E-state index contributed by atoms with van der Waals surface area (Å²) in [6.45, 7) is 3.52. The van der Waals surface area contributed by atoms with Gasteiger partial charge in [0.1, 0.15) is 11.5 Å². The summed E-state index contributed by atoms with van der Waals surface area (Å²) in [6.07, 6.45) is 1.53. The lowest BCUT2D eigenvalue weighted by molar-refractivity contribution is -0.120. The Morgan fingerprint density at radius 1 is 1.43 bits per heavy atom. The van der Waals surface area contributed by atoms with E-state index in [0.717, 1.165) is 0 Å². The Morgan fingerprint density at radius 3 is 2.71 bits per heavy atom. The highest BCUT2D eigenvalue weighted by Gasteiger charge is 2.33. The fourth-order valence-corrected chi connectivity index (χ4v) is 1.25. The Kier molecular flexibility index (Phi) is 1.85. The zero-order chi connectivity index (χ0) is 10.1. The fourth-order valence-electron chi connectivity index (χ4n) is 1.25. The van der Waals surface area contributed by atoms with E-state index < -0.39 is 18.0 Å². The minimum absolute atomic E-state index is 0.403. The van der Waals surface area contributed by atoms with E-state index in [1.807, 2.05) is 0 Å². The number of imide groups is 1. The molecule has 0 radical (unpaired) electrons. The quantitative estimate of drug-likeness (QED) is 0.681. The van der Waals surface area contributed by atoms with Gasteiger partial charge in [-0.1, -0.05) is 6.58 Å². The van der Waals surface area contributed by atoms with Crippen molar-refractivity contribution < 1.29 is 14.0 Å². The van der Waals surface area contributed by atoms with Crippen LogP contribution in [0.2, 0.25) is 0 Å². The molecule has 2 N–H and O–H groups in total. The Balaban J connectivity index is 2.26. The van der Waals surface area contributed by atoms with Crippen LogP contribution in [0.5, 0.6) is 0 Å². The van der Waals surface area contributed by atoms with Crippen LogP contribution >= 0.6 is 0 Å². The van der Waals surface area contributed by atoms with Crippen LogP contribution in [0.25, 0.3) is 6.08 Å². The van der Waals surface area contributed by atoms with Gasteiger partial charge in [-0.25, -0.2) is 4.79 Å². The van der Waals surface area contributed by atoms with Crippen LogP contribution in [0.4, 0.5) is 4.79 Å². The zero-order valence-corrected chi connectivity index (χ0v) is 7.24. The summed E-state index contributed by atoms with van der Waals surface area (Å²) < 4.78 is 5.24. The molecule has 1 aliphatic rings. The van der Waals surface area contributed by atoms with Crippen LogP contribution in [0.1, 0.15) is 17.6 Å². The van der Waals surface area contributed by atoms with E-state index in [-0.39, 0.29) is 0 Å². The second kappa shape index (κ2) is 3.02. The van der Waals surface area contributed by atoms with Gasteiger partial charge >= 0.3 is 6.03 Å². The van der Waals surface area contributed by atoms with Gasteiger partial charge in [0.15, 0.2) is 6.04 Å². The van der Waals surface area contributed by atoms with E-state index in [4.69, 9.17) is 4.42 Å². The molecule has 1 aromatic heterocycles. The first kappa shape index (κ1) is 8.55. The lowest BCUT2D eigenvalue weighted by Gasteiger charge is -2.01. The van der Waals surface area contributed by atoms with Crippen molar-refractivity contribution in [2.75, 3.05) is 0 Å². The van der Waals surface area contributed by atoms with E-state index in [0.29, 0.717) is 11.5 Å². The van der Waals surface area contributed by atoms with Crippen molar-refractivity contribution >= 4 is 18.0 Å². The monoisotopic (exact) mass is 192 g/mol. The first-order chi connectivity index (χ1) is 6.70. The molecule has 1 aromatic rings. The Bertz CT molecular complexity index is 408. The van der Waals surface area contributed by atoms with E-state index in [1.54, 1.807) is 12.1 Å². The van der Waals surface area contributed by atoms with Crippen LogP contribution in [0.3, 0.4) is 0 Å². The van der Waals surface area contributed by atoms with Crippen molar-refractivity contribution in [2.24, 2.45) is 0 Å². The normalized spacial score (nSPS) is 20.4. The summed E-state index contributed by atoms with van der Waals surface area (Å²) in [5.74, 6) is 0.567. The molecule has 1 fully saturated rings. The molecule has 0 aliphatic carbocycles. The molecule has 3 amide bonds. The van der Waals surface area contributed by atoms with E-state index in [9.17, 15) is 9.59 Å². The zero-order valence-electron chi connectivity index (χ0n) is 7.24. The van der Waals surface area contributed by atoms with E-state index >= 15 is 0 Å². The van der Waals surface area contributed by atoms with Crippen molar-refractivity contribution in [3.63, 3.8) is 0 Å². The first-order valence-corrected chi connectivity index (χ1v) is 4.04. The summed E-state index contributed by atoms with van der Waals surface area (Å²) in [4.78, 5) is 22.0. The SMILES string of the molecule is C=Cc1ccc(C2NC(=O)NC2=O)o1. The average Bonchev–Trinajstić information content (AvgIpc) is 2.71. The smallest absolute Gasteiger partial charge is 0.322 e. The predicted octanol–water partition coefficient (Wildman–Crippen LogP) is 0.803. The van der Waals surface area contributed by atoms with Gasteiger partial charge in [0, 0.05) is 0 Å². The highest BCUT2D eigenvalue weighted by Crippen LogP contribution is 2.19. The van der Waals surface area contributed by atoms with E-state index in [1.165, 1.54) is 6.08 Å². The molecule has 2 rings (SSSR count). The average molecular weight is 192 g/mol. The molecular formula is C9H8N2O3. The number of furan rings is 1. The number of amides is 3. The summed E-state index contributed by atoms with van der Waals surface area (Å²) in [6, 6.07) is 2.08. The van der Waals surface area contributed by atoms with Crippen LogP contribution in [-0.2, 0) is 4.79 Å². The third-order valence-corrected chi connectivity index (χ3v) is 1.91. The van der Waals surface area contributed by atoms with Crippen LogP contribution < -0.4 is 10.6 Å². The van der Waals surface area contributed by atoms with Crippen LogP contribution in [0, 0.1) is 0 Å². The molecule has 0 aromatic carbocycles.